The van der Waals surface area contributed by atoms with Gasteiger partial charge >= 0.3 is 0 Å². The van der Waals surface area contributed by atoms with Crippen molar-refractivity contribution in [3.63, 3.8) is 0 Å². The van der Waals surface area contributed by atoms with Gasteiger partial charge in [0, 0.05) is 44.9 Å². The van der Waals surface area contributed by atoms with Gasteiger partial charge in [0.2, 0.25) is 5.95 Å². The number of benzene rings is 2. The molecule has 2 aliphatic rings. The Bertz CT molecular complexity index is 1540. The van der Waals surface area contributed by atoms with E-state index in [0.29, 0.717) is 29.2 Å². The highest BCUT2D eigenvalue weighted by molar-refractivity contribution is 7.98. The number of hydrogen-bond acceptors (Lipinski definition) is 8. The summed E-state index contributed by atoms with van der Waals surface area (Å²) in [6, 6.07) is 14.5. The van der Waals surface area contributed by atoms with Crippen LogP contribution >= 0.6 is 11.8 Å². The first kappa shape index (κ1) is 27.5. The summed E-state index contributed by atoms with van der Waals surface area (Å²) in [4.78, 5) is 24.9. The van der Waals surface area contributed by atoms with Crippen LogP contribution < -0.4 is 15.0 Å². The van der Waals surface area contributed by atoms with Gasteiger partial charge in [-0.15, -0.1) is 0 Å². The second kappa shape index (κ2) is 12.1. The van der Waals surface area contributed by atoms with Gasteiger partial charge in [-0.2, -0.15) is 14.6 Å². The van der Waals surface area contributed by atoms with Crippen LogP contribution in [0.25, 0.3) is 16.8 Å². The van der Waals surface area contributed by atoms with E-state index in [-0.39, 0.29) is 7.33 Å². The maximum atomic E-state index is 12.7. The number of amides is 1. The lowest BCUT2D eigenvalue weighted by atomic mass is 9.99. The summed E-state index contributed by atoms with van der Waals surface area (Å²) >= 11 is 1.52. The third-order valence-corrected chi connectivity index (χ3v) is 8.39. The molecular weight excluding hydrogens is 536 g/mol. The molecule has 10 heteroatoms. The zero-order valence-electron chi connectivity index (χ0n) is 23.8. The minimum Gasteiger partial charge on any atom is -0.497 e. The van der Waals surface area contributed by atoms with Gasteiger partial charge in [-0.25, -0.2) is 4.98 Å². The molecule has 0 unspecified atom stereocenters. The molecule has 1 aliphatic heterocycles. The van der Waals surface area contributed by atoms with Crippen molar-refractivity contribution in [3.05, 3.63) is 65.4 Å². The molecule has 216 valence electrons. The van der Waals surface area contributed by atoms with E-state index in [9.17, 15) is 4.79 Å². The lowest BCUT2D eigenvalue weighted by Gasteiger charge is -2.30. The molecule has 2 fully saturated rings. The molecule has 9 nitrogen and oxygen atoms in total. The third kappa shape index (κ3) is 6.18. The zero-order chi connectivity index (χ0) is 28.3. The first-order valence-electron chi connectivity index (χ1n) is 14.2. The Morgan fingerprint density at radius 2 is 1.93 bits per heavy atom. The number of carbonyl (C=O) groups is 1. The molecule has 6 rings (SSSR count). The molecule has 1 N–H and O–H groups in total. The van der Waals surface area contributed by atoms with E-state index in [1.807, 2.05) is 48.2 Å². The fourth-order valence-corrected chi connectivity index (χ4v) is 5.68. The first-order chi connectivity index (χ1) is 20.0. The van der Waals surface area contributed by atoms with Crippen molar-refractivity contribution in [1.29, 1.82) is 0 Å². The molecule has 2 aromatic carbocycles. The number of methoxy groups -OCH3 is 1. The molecule has 0 atom stereocenters. The van der Waals surface area contributed by atoms with Crippen LogP contribution in [0.1, 0.15) is 48.6 Å². The highest BCUT2D eigenvalue weighted by Gasteiger charge is 2.26. The van der Waals surface area contributed by atoms with Crippen LogP contribution in [-0.2, 0) is 11.3 Å². The molecule has 0 bridgehead atoms. The molecule has 3 heterocycles. The molecule has 0 spiro atoms. The van der Waals surface area contributed by atoms with Gasteiger partial charge in [-0.05, 0) is 79.7 Å². The zero-order valence-corrected chi connectivity index (χ0v) is 24.6. The maximum absolute atomic E-state index is 12.7. The SMILES string of the molecule is COc1ccc(CN(CC2CCOCC2)c2nc(SC)nc3c(-c4ccc(C(=O)NC5CC5)c(C)c4)cnn23)cc1.[HH]. The number of ether oxygens (including phenoxy) is 2. The van der Waals surface area contributed by atoms with E-state index in [1.165, 1.54) is 17.3 Å². The largest absolute Gasteiger partial charge is 0.497 e. The Morgan fingerprint density at radius 3 is 2.61 bits per heavy atom. The predicted molar refractivity (Wildman–Crippen MR) is 163 cm³/mol. The molecule has 4 aromatic rings. The van der Waals surface area contributed by atoms with Crippen molar-refractivity contribution in [1.82, 2.24) is 24.9 Å². The van der Waals surface area contributed by atoms with Crippen molar-refractivity contribution in [3.8, 4) is 16.9 Å². The van der Waals surface area contributed by atoms with E-state index < -0.39 is 0 Å². The number of anilines is 1. The number of aromatic nitrogens is 4. The highest BCUT2D eigenvalue weighted by Crippen LogP contribution is 2.31. The number of thioether (sulfide) groups is 1. The summed E-state index contributed by atoms with van der Waals surface area (Å²) in [5.41, 5.74) is 5.44. The van der Waals surface area contributed by atoms with Crippen molar-refractivity contribution >= 4 is 29.3 Å². The van der Waals surface area contributed by atoms with Crippen molar-refractivity contribution in [2.24, 2.45) is 5.92 Å². The Hall–Kier alpha value is -3.63. The Kier molecular flexibility index (Phi) is 8.11. The molecule has 1 aliphatic carbocycles. The standard InChI is InChI=1S/C31H36N6O3S.H2/c1-20-16-23(6-11-26(20)29(38)33-24-7-8-24)27-17-32-37-28(27)34-30(41-3)35-31(37)36(19-22-12-14-40-15-13-22)18-21-4-9-25(39-2)10-5-21;/h4-6,9-11,16-17,22,24H,7-8,12-15,18-19H2,1-3H3,(H,33,38);1H. The molecule has 1 saturated heterocycles. The number of hydrogen-bond donors (Lipinski definition) is 1. The number of rotatable bonds is 10. The quantitative estimate of drug-likeness (QED) is 0.252. The Balaban J connectivity index is 0.00000353. The van der Waals surface area contributed by atoms with E-state index in [0.717, 1.165) is 79.5 Å². The van der Waals surface area contributed by atoms with Gasteiger partial charge < -0.3 is 19.7 Å². The van der Waals surface area contributed by atoms with Crippen LogP contribution in [0.15, 0.2) is 53.8 Å². The Labute approximate surface area is 246 Å². The number of nitrogens with one attached hydrogen (secondary N) is 1. The Morgan fingerprint density at radius 1 is 1.15 bits per heavy atom. The summed E-state index contributed by atoms with van der Waals surface area (Å²) < 4.78 is 12.9. The van der Waals surface area contributed by atoms with E-state index >= 15 is 0 Å². The van der Waals surface area contributed by atoms with Gasteiger partial charge in [0.1, 0.15) is 5.75 Å². The maximum Gasteiger partial charge on any atom is 0.251 e. The number of aryl methyl sites for hydroxylation is 1. The van der Waals surface area contributed by atoms with E-state index in [2.05, 4.69) is 28.4 Å². The van der Waals surface area contributed by atoms with Crippen LogP contribution in [0, 0.1) is 12.8 Å². The molecule has 0 radical (unpaired) electrons. The smallest absolute Gasteiger partial charge is 0.251 e. The summed E-state index contributed by atoms with van der Waals surface area (Å²) in [6.07, 6.45) is 8.02. The molecule has 1 amide bonds. The topological polar surface area (TPSA) is 93.9 Å². The molecule has 2 aromatic heterocycles. The summed E-state index contributed by atoms with van der Waals surface area (Å²) in [6.45, 7) is 5.08. The lowest BCUT2D eigenvalue weighted by Crippen LogP contribution is -2.34. The van der Waals surface area contributed by atoms with Gasteiger partial charge in [0.05, 0.1) is 13.3 Å². The monoisotopic (exact) mass is 574 g/mol. The number of carbonyl (C=O) groups excluding carboxylic acids is 1. The average Bonchev–Trinajstić information content (AvgIpc) is 3.71. The molecular formula is C31H38N6O3S. The number of fused-ring (bicyclic) bond motifs is 1. The van der Waals surface area contributed by atoms with Crippen molar-refractivity contribution in [2.45, 2.75) is 50.4 Å². The van der Waals surface area contributed by atoms with Crippen LogP contribution in [0.3, 0.4) is 0 Å². The number of nitrogens with zero attached hydrogens (tertiary/aromatic N) is 5. The van der Waals surface area contributed by atoms with Crippen molar-refractivity contribution in [2.75, 3.05) is 38.0 Å². The summed E-state index contributed by atoms with van der Waals surface area (Å²) in [5.74, 6) is 2.09. The van der Waals surface area contributed by atoms with E-state index in [4.69, 9.17) is 24.5 Å². The fourth-order valence-electron chi connectivity index (χ4n) is 5.33. The third-order valence-electron chi connectivity index (χ3n) is 7.84. The van der Waals surface area contributed by atoms with Crippen molar-refractivity contribution < 1.29 is 15.7 Å². The summed E-state index contributed by atoms with van der Waals surface area (Å²) in [5, 5.41) is 8.59. The molecule has 1 saturated carbocycles. The minimum absolute atomic E-state index is 0. The first-order valence-corrected chi connectivity index (χ1v) is 15.4. The van der Waals surface area contributed by atoms with Crippen LogP contribution in [-0.4, -0.2) is 64.7 Å². The van der Waals surface area contributed by atoms with Crippen LogP contribution in [0.2, 0.25) is 0 Å². The highest BCUT2D eigenvalue weighted by atomic mass is 32.2. The van der Waals surface area contributed by atoms with Gasteiger partial charge in [0.25, 0.3) is 5.91 Å². The van der Waals surface area contributed by atoms with Gasteiger partial charge in [-0.3, -0.25) is 4.79 Å². The van der Waals surface area contributed by atoms with Gasteiger partial charge in [-0.1, -0.05) is 36.0 Å². The molecule has 41 heavy (non-hydrogen) atoms. The second-order valence-electron chi connectivity index (χ2n) is 10.9. The lowest BCUT2D eigenvalue weighted by molar-refractivity contribution is 0.0680. The minimum atomic E-state index is -0.00650. The fraction of sp³-hybridized carbons (Fsp3) is 0.419. The van der Waals surface area contributed by atoms with Crippen LogP contribution in [0.5, 0.6) is 5.75 Å². The summed E-state index contributed by atoms with van der Waals surface area (Å²) in [7, 11) is 1.68. The second-order valence-corrected chi connectivity index (χ2v) is 11.6. The predicted octanol–water partition coefficient (Wildman–Crippen LogP) is 5.40. The van der Waals surface area contributed by atoms with Gasteiger partial charge in [0.15, 0.2) is 10.8 Å². The van der Waals surface area contributed by atoms with Crippen LogP contribution in [0.4, 0.5) is 5.95 Å². The normalized spacial score (nSPS) is 15.7. The van der Waals surface area contributed by atoms with E-state index in [1.54, 1.807) is 7.11 Å². The average molecular weight is 575 g/mol.